The van der Waals surface area contributed by atoms with Crippen LogP contribution in [0.5, 0.6) is 0 Å². The summed E-state index contributed by atoms with van der Waals surface area (Å²) in [7, 11) is 0. The fourth-order valence-electron chi connectivity index (χ4n) is 2.61. The van der Waals surface area contributed by atoms with E-state index in [0.29, 0.717) is 5.56 Å². The molecule has 0 atom stereocenters. The lowest BCUT2D eigenvalue weighted by Gasteiger charge is -2.05. The van der Waals surface area contributed by atoms with E-state index in [2.05, 4.69) is 21.1 Å². The summed E-state index contributed by atoms with van der Waals surface area (Å²) in [6.07, 6.45) is 7.33. The molecule has 104 valence electrons. The minimum Gasteiger partial charge on any atom is -0.256 e. The van der Waals surface area contributed by atoms with Crippen molar-refractivity contribution in [2.75, 3.05) is 0 Å². The summed E-state index contributed by atoms with van der Waals surface area (Å²) in [6, 6.07) is 9.60. The maximum absolute atomic E-state index is 9.12. The highest BCUT2D eigenvalue weighted by Gasteiger charge is 2.12. The smallest absolute Gasteiger partial charge is 0.162 e. The van der Waals surface area contributed by atoms with Gasteiger partial charge >= 0.3 is 0 Å². The molecule has 0 aliphatic rings. The van der Waals surface area contributed by atoms with Gasteiger partial charge in [-0.2, -0.15) is 10.4 Å². The van der Waals surface area contributed by atoms with Crippen LogP contribution in [0.1, 0.15) is 11.1 Å². The summed E-state index contributed by atoms with van der Waals surface area (Å²) in [5.41, 5.74) is 5.22. The summed E-state index contributed by atoms with van der Waals surface area (Å²) in [5.74, 6) is 0. The Hall–Kier alpha value is -3.26. The monoisotopic (exact) mass is 285 g/mol. The molecule has 1 aromatic carbocycles. The van der Waals surface area contributed by atoms with Crippen molar-refractivity contribution in [1.82, 2.24) is 19.6 Å². The van der Waals surface area contributed by atoms with Crippen molar-refractivity contribution in [2.24, 2.45) is 0 Å². The van der Waals surface area contributed by atoms with Crippen LogP contribution in [0.15, 0.2) is 49.1 Å². The van der Waals surface area contributed by atoms with E-state index in [1.165, 1.54) is 0 Å². The van der Waals surface area contributed by atoms with E-state index in [1.807, 2.05) is 37.5 Å². The third-order valence-corrected chi connectivity index (χ3v) is 3.65. The topological polar surface area (TPSA) is 66.9 Å². The van der Waals surface area contributed by atoms with Gasteiger partial charge in [0.05, 0.1) is 23.3 Å². The molecule has 3 heterocycles. The van der Waals surface area contributed by atoms with E-state index < -0.39 is 0 Å². The third kappa shape index (κ3) is 1.82. The molecule has 0 radical (unpaired) electrons. The van der Waals surface area contributed by atoms with Crippen LogP contribution in [0, 0.1) is 18.3 Å². The fourth-order valence-corrected chi connectivity index (χ4v) is 2.61. The highest BCUT2D eigenvalue weighted by molar-refractivity contribution is 5.98. The van der Waals surface area contributed by atoms with Crippen molar-refractivity contribution < 1.29 is 0 Å². The maximum Gasteiger partial charge on any atom is 0.162 e. The lowest BCUT2D eigenvalue weighted by molar-refractivity contribution is 0.928. The summed E-state index contributed by atoms with van der Waals surface area (Å²) in [4.78, 5) is 8.85. The van der Waals surface area contributed by atoms with Gasteiger partial charge in [0.25, 0.3) is 0 Å². The Morgan fingerprint density at radius 3 is 2.86 bits per heavy atom. The molecule has 0 spiro atoms. The normalized spacial score (nSPS) is 10.9. The van der Waals surface area contributed by atoms with E-state index in [1.54, 1.807) is 23.0 Å². The van der Waals surface area contributed by atoms with Gasteiger partial charge in [0.2, 0.25) is 0 Å². The van der Waals surface area contributed by atoms with E-state index in [-0.39, 0.29) is 0 Å². The molecule has 0 N–H and O–H groups in total. The molecule has 0 saturated carbocycles. The maximum atomic E-state index is 9.12. The minimum absolute atomic E-state index is 0.613. The van der Waals surface area contributed by atoms with Gasteiger partial charge in [0, 0.05) is 29.5 Å². The van der Waals surface area contributed by atoms with Crippen molar-refractivity contribution in [1.29, 1.82) is 5.26 Å². The highest BCUT2D eigenvalue weighted by atomic mass is 15.2. The highest BCUT2D eigenvalue weighted by Crippen LogP contribution is 2.30. The Labute approximate surface area is 126 Å². The second kappa shape index (κ2) is 4.64. The second-order valence-corrected chi connectivity index (χ2v) is 5.16. The predicted molar refractivity (Wildman–Crippen MR) is 83.2 cm³/mol. The number of benzene rings is 1. The van der Waals surface area contributed by atoms with Crippen LogP contribution in [0.25, 0.3) is 27.7 Å². The summed E-state index contributed by atoms with van der Waals surface area (Å²) < 4.78 is 1.77. The van der Waals surface area contributed by atoms with Crippen molar-refractivity contribution >= 4 is 16.6 Å². The summed E-state index contributed by atoms with van der Waals surface area (Å²) in [6.45, 7) is 1.98. The van der Waals surface area contributed by atoms with Crippen LogP contribution < -0.4 is 0 Å². The fraction of sp³-hybridized carbons (Fsp3) is 0.0588. The molecule has 5 nitrogen and oxygen atoms in total. The van der Waals surface area contributed by atoms with Gasteiger partial charge in [-0.05, 0) is 42.3 Å². The molecule has 0 aliphatic carbocycles. The lowest BCUT2D eigenvalue weighted by atomic mass is 10.0. The molecule has 4 rings (SSSR count). The molecule has 0 amide bonds. The third-order valence-electron chi connectivity index (χ3n) is 3.65. The molecule has 22 heavy (non-hydrogen) atoms. The first-order chi connectivity index (χ1) is 10.8. The Bertz CT molecular complexity index is 1060. The van der Waals surface area contributed by atoms with Gasteiger partial charge in [-0.25, -0.2) is 9.50 Å². The molecule has 0 aliphatic heterocycles. The number of hydrogen-bond donors (Lipinski definition) is 0. The zero-order valence-electron chi connectivity index (χ0n) is 11.9. The average Bonchev–Trinajstić information content (AvgIpc) is 2.96. The first kappa shape index (κ1) is 12.5. The van der Waals surface area contributed by atoms with Crippen molar-refractivity contribution in [3.63, 3.8) is 0 Å². The Morgan fingerprint density at radius 1 is 1.09 bits per heavy atom. The first-order valence-corrected chi connectivity index (χ1v) is 6.85. The molecule has 0 unspecified atom stereocenters. The second-order valence-electron chi connectivity index (χ2n) is 5.16. The molecule has 0 saturated heterocycles. The van der Waals surface area contributed by atoms with Crippen LogP contribution in [0.4, 0.5) is 0 Å². The van der Waals surface area contributed by atoms with Gasteiger partial charge in [-0.3, -0.25) is 4.98 Å². The largest absolute Gasteiger partial charge is 0.256 e. The van der Waals surface area contributed by atoms with Gasteiger partial charge in [0.1, 0.15) is 0 Å². The lowest BCUT2D eigenvalue weighted by Crippen LogP contribution is -1.91. The number of pyridine rings is 1. The number of rotatable bonds is 1. The molecule has 5 heteroatoms. The molecular formula is C17H11N5. The van der Waals surface area contributed by atoms with Crippen LogP contribution >= 0.6 is 0 Å². The zero-order chi connectivity index (χ0) is 15.1. The van der Waals surface area contributed by atoms with Crippen molar-refractivity contribution in [2.45, 2.75) is 6.92 Å². The number of nitrogens with zero attached hydrogens (tertiary/aromatic N) is 5. The van der Waals surface area contributed by atoms with E-state index >= 15 is 0 Å². The Kier molecular flexibility index (Phi) is 2.63. The molecular weight excluding hydrogens is 274 g/mol. The summed E-state index contributed by atoms with van der Waals surface area (Å²) >= 11 is 0. The number of nitriles is 1. The zero-order valence-corrected chi connectivity index (χ0v) is 11.9. The SMILES string of the molecule is Cc1cnc2c(-c3ccnc4ccc(C#N)cc34)cnn2c1. The summed E-state index contributed by atoms with van der Waals surface area (Å²) in [5, 5.41) is 14.4. The minimum atomic E-state index is 0.613. The van der Waals surface area contributed by atoms with E-state index in [4.69, 9.17) is 5.26 Å². The van der Waals surface area contributed by atoms with Gasteiger partial charge in [-0.1, -0.05) is 0 Å². The van der Waals surface area contributed by atoms with Crippen LogP contribution in [0.3, 0.4) is 0 Å². The van der Waals surface area contributed by atoms with Gasteiger partial charge in [0.15, 0.2) is 5.65 Å². The first-order valence-electron chi connectivity index (χ1n) is 6.85. The number of hydrogen-bond acceptors (Lipinski definition) is 4. The molecule has 4 aromatic rings. The Balaban J connectivity index is 2.06. The van der Waals surface area contributed by atoms with E-state index in [9.17, 15) is 0 Å². The standard InChI is InChI=1S/C17H11N5/c1-11-8-20-17-15(9-21-22(17)10-11)13-4-5-19-16-3-2-12(7-18)6-14(13)16/h2-6,8-10H,1H3. The molecule has 3 aromatic heterocycles. The molecule has 0 fully saturated rings. The van der Waals surface area contributed by atoms with Crippen LogP contribution in [-0.4, -0.2) is 19.6 Å². The van der Waals surface area contributed by atoms with Gasteiger partial charge < -0.3 is 0 Å². The van der Waals surface area contributed by atoms with Crippen LogP contribution in [0.2, 0.25) is 0 Å². The predicted octanol–water partition coefficient (Wildman–Crippen LogP) is 3.12. The number of fused-ring (bicyclic) bond motifs is 2. The van der Waals surface area contributed by atoms with Crippen molar-refractivity contribution in [3.05, 3.63) is 60.2 Å². The van der Waals surface area contributed by atoms with E-state index in [0.717, 1.165) is 33.2 Å². The van der Waals surface area contributed by atoms with Crippen LogP contribution in [-0.2, 0) is 0 Å². The number of aromatic nitrogens is 4. The number of aryl methyl sites for hydroxylation is 1. The van der Waals surface area contributed by atoms with Crippen molar-refractivity contribution in [3.8, 4) is 17.2 Å². The average molecular weight is 285 g/mol. The Morgan fingerprint density at radius 2 is 2.00 bits per heavy atom. The molecule has 0 bridgehead atoms. The van der Waals surface area contributed by atoms with Gasteiger partial charge in [-0.15, -0.1) is 0 Å². The quantitative estimate of drug-likeness (QED) is 0.539.